The number of benzene rings is 2. The minimum absolute atomic E-state index is 0.159. The number of nitrogens with one attached hydrogen (secondary N) is 1. The van der Waals surface area contributed by atoms with Crippen LogP contribution < -0.4 is 5.32 Å². The average molecular weight is 427 g/mol. The number of non-ortho nitro benzene ring substituents is 1. The maximum absolute atomic E-state index is 12.1. The van der Waals surface area contributed by atoms with E-state index in [9.17, 15) is 24.8 Å². The molecule has 0 aromatic heterocycles. The van der Waals surface area contributed by atoms with Crippen LogP contribution >= 0.6 is 23.2 Å². The van der Waals surface area contributed by atoms with E-state index < -0.39 is 33.8 Å². The van der Waals surface area contributed by atoms with Crippen molar-refractivity contribution in [1.29, 1.82) is 0 Å². The smallest absolute Gasteiger partial charge is 0.338 e. The Balaban J connectivity index is 2.14. The fourth-order valence-electron chi connectivity index (χ4n) is 2.31. The number of hydrogen-bond donors (Lipinski definition) is 2. The van der Waals surface area contributed by atoms with Crippen LogP contribution in [0, 0.1) is 10.1 Å². The number of nitro groups is 1. The number of esters is 1. The van der Waals surface area contributed by atoms with Crippen LogP contribution in [0.5, 0.6) is 0 Å². The molecule has 0 saturated heterocycles. The fraction of sp³-hybridized carbons (Fsp3) is 0.222. The SMILES string of the molecule is O=C(OCC(NC(=O)C(Cl)Cl)C(O)c1ccc([N+](=O)[O-])cc1)c1ccccc1. The van der Waals surface area contributed by atoms with Crippen LogP contribution in [0.4, 0.5) is 5.69 Å². The van der Waals surface area contributed by atoms with E-state index in [-0.39, 0.29) is 17.9 Å². The Labute approximate surface area is 170 Å². The lowest BCUT2D eigenvalue weighted by molar-refractivity contribution is -0.384. The molecule has 0 bridgehead atoms. The fourth-order valence-corrected chi connectivity index (χ4v) is 2.43. The van der Waals surface area contributed by atoms with Crippen molar-refractivity contribution in [3.8, 4) is 0 Å². The first-order chi connectivity index (χ1) is 13.3. The molecule has 0 aliphatic heterocycles. The van der Waals surface area contributed by atoms with Crippen molar-refractivity contribution < 1.29 is 24.4 Å². The second kappa shape index (κ2) is 10.0. The number of aliphatic hydroxyl groups excluding tert-OH is 1. The Bertz CT molecular complexity index is 830. The third-order valence-corrected chi connectivity index (χ3v) is 4.15. The molecule has 10 heteroatoms. The molecule has 28 heavy (non-hydrogen) atoms. The highest BCUT2D eigenvalue weighted by Crippen LogP contribution is 2.21. The van der Waals surface area contributed by atoms with Crippen LogP contribution in [0.2, 0.25) is 0 Å². The number of alkyl halides is 2. The number of aliphatic hydroxyl groups is 1. The van der Waals surface area contributed by atoms with Gasteiger partial charge in [0.05, 0.1) is 16.5 Å². The Morgan fingerprint density at radius 1 is 1.11 bits per heavy atom. The quantitative estimate of drug-likeness (QED) is 0.290. The molecule has 0 aliphatic carbocycles. The molecule has 2 atom stereocenters. The van der Waals surface area contributed by atoms with E-state index in [0.29, 0.717) is 5.56 Å². The largest absolute Gasteiger partial charge is 0.460 e. The lowest BCUT2D eigenvalue weighted by atomic mass is 10.0. The van der Waals surface area contributed by atoms with Crippen LogP contribution in [-0.4, -0.2) is 39.4 Å². The molecule has 0 aliphatic rings. The highest BCUT2D eigenvalue weighted by atomic mass is 35.5. The van der Waals surface area contributed by atoms with Crippen molar-refractivity contribution in [3.63, 3.8) is 0 Å². The Kier molecular flexibility index (Phi) is 7.74. The van der Waals surface area contributed by atoms with Crippen molar-refractivity contribution in [2.24, 2.45) is 0 Å². The Morgan fingerprint density at radius 3 is 2.25 bits per heavy atom. The minimum Gasteiger partial charge on any atom is -0.460 e. The van der Waals surface area contributed by atoms with Crippen molar-refractivity contribution in [1.82, 2.24) is 5.32 Å². The van der Waals surface area contributed by atoms with Crippen molar-refractivity contribution in [2.75, 3.05) is 6.61 Å². The standard InChI is InChI=1S/C18H16Cl2N2O6/c19-16(20)17(24)21-14(10-28-18(25)12-4-2-1-3-5-12)15(23)11-6-8-13(9-7-11)22(26)27/h1-9,14-16,23H,10H2,(H,21,24). The van der Waals surface area contributed by atoms with Crippen molar-refractivity contribution in [2.45, 2.75) is 17.0 Å². The molecule has 2 aromatic rings. The zero-order valence-electron chi connectivity index (χ0n) is 14.3. The van der Waals surface area contributed by atoms with E-state index in [2.05, 4.69) is 5.32 Å². The second-order valence-electron chi connectivity index (χ2n) is 5.67. The van der Waals surface area contributed by atoms with Crippen LogP contribution in [0.3, 0.4) is 0 Å². The molecular formula is C18H16Cl2N2O6. The first-order valence-corrected chi connectivity index (χ1v) is 8.90. The molecule has 0 spiro atoms. The number of nitro benzene ring substituents is 1. The maximum Gasteiger partial charge on any atom is 0.338 e. The van der Waals surface area contributed by atoms with Gasteiger partial charge in [0.2, 0.25) is 0 Å². The summed E-state index contributed by atoms with van der Waals surface area (Å²) >= 11 is 11.1. The van der Waals surface area contributed by atoms with Gasteiger partial charge < -0.3 is 15.2 Å². The van der Waals surface area contributed by atoms with Gasteiger partial charge in [-0.25, -0.2) is 4.79 Å². The van der Waals surface area contributed by atoms with Gasteiger partial charge in [-0.2, -0.15) is 0 Å². The molecule has 8 nitrogen and oxygen atoms in total. The monoisotopic (exact) mass is 426 g/mol. The number of carbonyl (C=O) groups excluding carboxylic acids is 2. The summed E-state index contributed by atoms with van der Waals surface area (Å²) in [7, 11) is 0. The van der Waals surface area contributed by atoms with E-state index in [1.807, 2.05) is 0 Å². The number of nitrogens with zero attached hydrogens (tertiary/aromatic N) is 1. The van der Waals surface area contributed by atoms with Crippen LogP contribution in [0.25, 0.3) is 0 Å². The third-order valence-electron chi connectivity index (χ3n) is 3.76. The highest BCUT2D eigenvalue weighted by molar-refractivity contribution is 6.53. The average Bonchev–Trinajstić information content (AvgIpc) is 2.70. The summed E-state index contributed by atoms with van der Waals surface area (Å²) in [6.45, 7) is -0.377. The molecule has 2 unspecified atom stereocenters. The number of amides is 1. The van der Waals surface area contributed by atoms with Crippen LogP contribution in [0.1, 0.15) is 22.0 Å². The van der Waals surface area contributed by atoms with E-state index >= 15 is 0 Å². The third kappa shape index (κ3) is 5.91. The predicted molar refractivity (Wildman–Crippen MR) is 102 cm³/mol. The van der Waals surface area contributed by atoms with Gasteiger partial charge in [0.15, 0.2) is 4.84 Å². The molecule has 148 valence electrons. The maximum atomic E-state index is 12.1. The number of carbonyl (C=O) groups is 2. The van der Waals surface area contributed by atoms with Gasteiger partial charge >= 0.3 is 5.97 Å². The Hall–Kier alpha value is -2.68. The lowest BCUT2D eigenvalue weighted by Crippen LogP contribution is -2.45. The summed E-state index contributed by atoms with van der Waals surface area (Å²) in [5.74, 6) is -1.44. The summed E-state index contributed by atoms with van der Waals surface area (Å²) in [6, 6.07) is 12.2. The van der Waals surface area contributed by atoms with Crippen LogP contribution in [-0.2, 0) is 9.53 Å². The van der Waals surface area contributed by atoms with Crippen LogP contribution in [0.15, 0.2) is 54.6 Å². The van der Waals surface area contributed by atoms with E-state index in [1.54, 1.807) is 30.3 Å². The molecule has 2 aromatic carbocycles. The lowest BCUT2D eigenvalue weighted by Gasteiger charge is -2.24. The van der Waals surface area contributed by atoms with Gasteiger partial charge in [-0.15, -0.1) is 0 Å². The second-order valence-corrected chi connectivity index (χ2v) is 6.77. The summed E-state index contributed by atoms with van der Waals surface area (Å²) in [5, 5.41) is 23.7. The molecule has 0 saturated carbocycles. The summed E-state index contributed by atoms with van der Waals surface area (Å²) in [4.78, 5) is 32.7. The van der Waals surface area contributed by atoms with Gasteiger partial charge in [0.1, 0.15) is 12.7 Å². The Morgan fingerprint density at radius 2 is 1.71 bits per heavy atom. The van der Waals surface area contributed by atoms with Gasteiger partial charge in [-0.3, -0.25) is 14.9 Å². The molecule has 0 heterocycles. The summed E-state index contributed by atoms with van der Waals surface area (Å²) in [5.41, 5.74) is 0.408. The molecule has 0 fully saturated rings. The highest BCUT2D eigenvalue weighted by Gasteiger charge is 2.27. The molecule has 2 N–H and O–H groups in total. The zero-order chi connectivity index (χ0) is 20.7. The van der Waals surface area contributed by atoms with Crippen molar-refractivity contribution in [3.05, 3.63) is 75.8 Å². The summed E-state index contributed by atoms with van der Waals surface area (Å²) in [6.07, 6.45) is -1.33. The van der Waals surface area contributed by atoms with Gasteiger partial charge in [0.25, 0.3) is 11.6 Å². The number of halogens is 2. The van der Waals surface area contributed by atoms with E-state index in [0.717, 1.165) is 0 Å². The molecule has 2 rings (SSSR count). The normalized spacial score (nSPS) is 12.9. The van der Waals surface area contributed by atoms with E-state index in [1.165, 1.54) is 24.3 Å². The van der Waals surface area contributed by atoms with Gasteiger partial charge in [0, 0.05) is 12.1 Å². The first kappa shape index (κ1) is 21.6. The molecule has 0 radical (unpaired) electrons. The van der Waals surface area contributed by atoms with Gasteiger partial charge in [-0.05, 0) is 29.8 Å². The van der Waals surface area contributed by atoms with Crippen molar-refractivity contribution >= 4 is 40.8 Å². The number of ether oxygens (including phenoxy) is 1. The van der Waals surface area contributed by atoms with Gasteiger partial charge in [-0.1, -0.05) is 41.4 Å². The number of rotatable bonds is 8. The molecular weight excluding hydrogens is 411 g/mol. The van der Waals surface area contributed by atoms with E-state index in [4.69, 9.17) is 27.9 Å². The minimum atomic E-state index is -1.39. The topological polar surface area (TPSA) is 119 Å². The molecule has 1 amide bonds. The number of hydrogen-bond acceptors (Lipinski definition) is 6. The first-order valence-electron chi connectivity index (χ1n) is 8.02. The summed E-state index contributed by atoms with van der Waals surface area (Å²) < 4.78 is 5.17. The zero-order valence-corrected chi connectivity index (χ0v) is 15.8. The predicted octanol–water partition coefficient (Wildman–Crippen LogP) is 2.77.